The van der Waals surface area contributed by atoms with E-state index in [0.29, 0.717) is 28.6 Å². The Balaban J connectivity index is 1.50. The maximum absolute atomic E-state index is 14.4. The number of hydrogen-bond acceptors (Lipinski definition) is 8. The van der Waals surface area contributed by atoms with Crippen LogP contribution in [0.3, 0.4) is 0 Å². The number of nitrogens with one attached hydrogen (secondary N) is 2. The van der Waals surface area contributed by atoms with Crippen LogP contribution in [0.15, 0.2) is 30.9 Å². The minimum Gasteiger partial charge on any atom is -0.350 e. The van der Waals surface area contributed by atoms with Gasteiger partial charge in [0.05, 0.1) is 11.4 Å². The van der Waals surface area contributed by atoms with Gasteiger partial charge >= 0.3 is 0 Å². The number of nitrogens with zero attached hydrogens (tertiary/aromatic N) is 7. The second-order valence-electron chi connectivity index (χ2n) is 7.57. The molecule has 0 bridgehead atoms. The smallest absolute Gasteiger partial charge is 0.278 e. The van der Waals surface area contributed by atoms with Gasteiger partial charge in [-0.05, 0) is 13.8 Å². The number of rotatable bonds is 3. The van der Waals surface area contributed by atoms with Crippen molar-refractivity contribution in [1.29, 1.82) is 0 Å². The lowest BCUT2D eigenvalue weighted by molar-refractivity contribution is 0.102. The molecule has 0 aliphatic carbocycles. The summed E-state index contributed by atoms with van der Waals surface area (Å²) >= 11 is 0. The first-order valence-electron chi connectivity index (χ1n) is 9.91. The van der Waals surface area contributed by atoms with Gasteiger partial charge in [-0.15, -0.1) is 10.2 Å². The summed E-state index contributed by atoms with van der Waals surface area (Å²) in [5, 5.41) is 14.5. The summed E-state index contributed by atoms with van der Waals surface area (Å²) in [6.07, 6.45) is 6.34. The second-order valence-corrected chi connectivity index (χ2v) is 7.57. The number of halogens is 1. The van der Waals surface area contributed by atoms with Crippen molar-refractivity contribution in [2.24, 2.45) is 0 Å². The van der Waals surface area contributed by atoms with Crippen molar-refractivity contribution in [2.75, 3.05) is 29.9 Å². The fourth-order valence-corrected chi connectivity index (χ4v) is 3.80. The molecule has 1 aliphatic heterocycles. The molecular formula is C20H20FN9O. The molecule has 5 heterocycles. The third kappa shape index (κ3) is 3.52. The molecule has 4 aromatic heterocycles. The summed E-state index contributed by atoms with van der Waals surface area (Å²) in [7, 11) is 0. The van der Waals surface area contributed by atoms with Crippen molar-refractivity contribution in [1.82, 2.24) is 34.9 Å². The quantitative estimate of drug-likeness (QED) is 0.513. The number of fused-ring (bicyclic) bond motifs is 2. The van der Waals surface area contributed by atoms with Crippen molar-refractivity contribution in [3.8, 4) is 0 Å². The summed E-state index contributed by atoms with van der Waals surface area (Å²) in [4.78, 5) is 27.9. The molecule has 0 spiro atoms. The molecular weight excluding hydrogens is 401 g/mol. The van der Waals surface area contributed by atoms with Gasteiger partial charge in [0.25, 0.3) is 5.91 Å². The van der Waals surface area contributed by atoms with Crippen LogP contribution in [-0.4, -0.2) is 61.1 Å². The number of hydrogen-bond donors (Lipinski definition) is 2. The van der Waals surface area contributed by atoms with E-state index in [2.05, 4.69) is 47.6 Å². The highest BCUT2D eigenvalue weighted by Gasteiger charge is 2.24. The van der Waals surface area contributed by atoms with Gasteiger partial charge in [-0.3, -0.25) is 9.78 Å². The number of carbonyl (C=O) groups excluding carboxylic acids is 1. The van der Waals surface area contributed by atoms with Gasteiger partial charge in [0, 0.05) is 56.5 Å². The van der Waals surface area contributed by atoms with E-state index < -0.39 is 11.7 Å². The molecule has 11 heteroatoms. The van der Waals surface area contributed by atoms with E-state index in [1.54, 1.807) is 25.5 Å². The highest BCUT2D eigenvalue weighted by Crippen LogP contribution is 2.24. The Bertz CT molecular complexity index is 1300. The third-order valence-corrected chi connectivity index (χ3v) is 5.15. The fraction of sp³-hybridized carbons (Fsp3) is 0.300. The lowest BCUT2D eigenvalue weighted by Gasteiger charge is -2.32. The number of pyridine rings is 1. The molecule has 10 nitrogen and oxygen atoms in total. The standard InChI is InChI=1S/C20H20FN9O/c1-11-8-29(6-5-22-11)19-16-15(23-3-4-24-16)17(27-28-19)20(31)26-13-7-14(21)18-25-12(2)9-30(18)10-13/h3-4,7,9-11,22H,5-6,8H2,1-2H3,(H,26,31). The summed E-state index contributed by atoms with van der Waals surface area (Å²) in [5.74, 6) is -0.493. The van der Waals surface area contributed by atoms with Gasteiger partial charge in [0.1, 0.15) is 11.0 Å². The van der Waals surface area contributed by atoms with Gasteiger partial charge in [-0.2, -0.15) is 0 Å². The van der Waals surface area contributed by atoms with Crippen molar-refractivity contribution in [2.45, 2.75) is 19.9 Å². The average Bonchev–Trinajstić information content (AvgIpc) is 3.13. The van der Waals surface area contributed by atoms with E-state index in [1.807, 2.05) is 0 Å². The molecule has 1 saturated heterocycles. The number of anilines is 2. The van der Waals surface area contributed by atoms with Gasteiger partial charge < -0.3 is 19.9 Å². The first-order valence-corrected chi connectivity index (χ1v) is 9.91. The Morgan fingerprint density at radius 3 is 2.84 bits per heavy atom. The number of aryl methyl sites for hydroxylation is 1. The van der Waals surface area contributed by atoms with Crippen LogP contribution in [0.1, 0.15) is 23.1 Å². The predicted octanol–water partition coefficient (Wildman–Crippen LogP) is 1.57. The number of amides is 1. The van der Waals surface area contributed by atoms with Crippen LogP contribution in [0.25, 0.3) is 16.7 Å². The maximum Gasteiger partial charge on any atom is 0.278 e. The Morgan fingerprint density at radius 2 is 2.03 bits per heavy atom. The molecule has 4 aromatic rings. The third-order valence-electron chi connectivity index (χ3n) is 5.15. The second kappa shape index (κ2) is 7.51. The summed E-state index contributed by atoms with van der Waals surface area (Å²) in [6, 6.07) is 1.51. The fourth-order valence-electron chi connectivity index (χ4n) is 3.80. The molecule has 1 atom stereocenters. The molecule has 0 radical (unpaired) electrons. The summed E-state index contributed by atoms with van der Waals surface area (Å²) in [5.41, 5.74) is 2.01. The summed E-state index contributed by atoms with van der Waals surface area (Å²) in [6.45, 7) is 6.17. The zero-order valence-electron chi connectivity index (χ0n) is 17.0. The van der Waals surface area contributed by atoms with E-state index in [0.717, 1.165) is 19.6 Å². The molecule has 5 rings (SSSR count). The first-order chi connectivity index (χ1) is 15.0. The number of carbonyl (C=O) groups is 1. The lowest BCUT2D eigenvalue weighted by Crippen LogP contribution is -2.49. The van der Waals surface area contributed by atoms with Gasteiger partial charge in [0.15, 0.2) is 23.0 Å². The maximum atomic E-state index is 14.4. The number of imidazole rings is 1. The predicted molar refractivity (Wildman–Crippen MR) is 113 cm³/mol. The molecule has 1 amide bonds. The minimum absolute atomic E-state index is 0.0253. The van der Waals surface area contributed by atoms with E-state index in [4.69, 9.17) is 0 Å². The average molecular weight is 421 g/mol. The highest BCUT2D eigenvalue weighted by molar-refractivity contribution is 6.10. The lowest BCUT2D eigenvalue weighted by atomic mass is 10.2. The topological polar surface area (TPSA) is 113 Å². The normalized spacial score (nSPS) is 16.7. The van der Waals surface area contributed by atoms with Crippen LogP contribution in [0.5, 0.6) is 0 Å². The zero-order valence-corrected chi connectivity index (χ0v) is 17.0. The molecule has 158 valence electrons. The Labute approximate surface area is 176 Å². The Morgan fingerprint density at radius 1 is 1.23 bits per heavy atom. The van der Waals surface area contributed by atoms with Crippen molar-refractivity contribution >= 4 is 34.1 Å². The van der Waals surface area contributed by atoms with Gasteiger partial charge in [0.2, 0.25) is 0 Å². The van der Waals surface area contributed by atoms with Gasteiger partial charge in [-0.25, -0.2) is 14.4 Å². The number of piperazine rings is 1. The van der Waals surface area contributed by atoms with Crippen molar-refractivity contribution in [3.63, 3.8) is 0 Å². The summed E-state index contributed by atoms with van der Waals surface area (Å²) < 4.78 is 15.9. The van der Waals surface area contributed by atoms with E-state index >= 15 is 0 Å². The van der Waals surface area contributed by atoms with Gasteiger partial charge in [-0.1, -0.05) is 0 Å². The molecule has 1 aliphatic rings. The van der Waals surface area contributed by atoms with Crippen LogP contribution < -0.4 is 15.5 Å². The Kier molecular flexibility index (Phi) is 4.66. The van der Waals surface area contributed by atoms with E-state index in [1.165, 1.54) is 16.7 Å². The molecule has 2 N–H and O–H groups in total. The molecule has 1 fully saturated rings. The molecule has 31 heavy (non-hydrogen) atoms. The first kappa shape index (κ1) is 19.2. The number of aromatic nitrogens is 6. The largest absolute Gasteiger partial charge is 0.350 e. The minimum atomic E-state index is -0.547. The highest BCUT2D eigenvalue weighted by atomic mass is 19.1. The monoisotopic (exact) mass is 421 g/mol. The molecule has 0 saturated carbocycles. The van der Waals surface area contributed by atoms with Crippen molar-refractivity contribution in [3.05, 3.63) is 48.1 Å². The zero-order chi connectivity index (χ0) is 21.5. The molecule has 1 unspecified atom stereocenters. The SMILES string of the molecule is Cc1cn2cc(NC(=O)c3nnc(N4CCNC(C)C4)c4nccnc34)cc(F)c2n1. The van der Waals surface area contributed by atoms with Crippen LogP contribution >= 0.6 is 0 Å². The molecule has 0 aromatic carbocycles. The van der Waals surface area contributed by atoms with E-state index in [9.17, 15) is 9.18 Å². The Hall–Kier alpha value is -3.73. The van der Waals surface area contributed by atoms with Crippen molar-refractivity contribution < 1.29 is 9.18 Å². The van der Waals surface area contributed by atoms with Crippen LogP contribution in [0.4, 0.5) is 15.9 Å². The van der Waals surface area contributed by atoms with E-state index in [-0.39, 0.29) is 17.0 Å². The van der Waals surface area contributed by atoms with Crippen LogP contribution in [0, 0.1) is 12.7 Å². The van der Waals surface area contributed by atoms with Crippen LogP contribution in [0.2, 0.25) is 0 Å². The van der Waals surface area contributed by atoms with Crippen LogP contribution in [-0.2, 0) is 0 Å².